The van der Waals surface area contributed by atoms with E-state index in [0.717, 1.165) is 0 Å². The maximum atomic E-state index is 12.5. The maximum Gasteiger partial charge on any atom is 0.573 e. The molecular weight excluding hydrogens is 297 g/mol. The van der Waals surface area contributed by atoms with E-state index in [9.17, 15) is 18.0 Å². The van der Waals surface area contributed by atoms with Gasteiger partial charge in [0.05, 0.1) is 12.7 Å². The summed E-state index contributed by atoms with van der Waals surface area (Å²) < 4.78 is 46.6. The quantitative estimate of drug-likeness (QED) is 0.786. The minimum atomic E-state index is -4.79. The Bertz CT molecular complexity index is 694. The van der Waals surface area contributed by atoms with Crippen molar-refractivity contribution in [2.24, 2.45) is 0 Å². The number of methoxy groups -OCH3 is 1. The summed E-state index contributed by atoms with van der Waals surface area (Å²) in [6.07, 6.45) is -4.19. The molecule has 2 rings (SSSR count). The molecule has 116 valence electrons. The van der Waals surface area contributed by atoms with Gasteiger partial charge in [0.15, 0.2) is 6.29 Å². The van der Waals surface area contributed by atoms with Crippen molar-refractivity contribution < 1.29 is 27.4 Å². The highest BCUT2D eigenvalue weighted by Gasteiger charge is 2.32. The normalized spacial score (nSPS) is 11.1. The Morgan fingerprint density at radius 3 is 2.41 bits per heavy atom. The molecule has 0 atom stereocenters. The molecule has 2 aromatic rings. The van der Waals surface area contributed by atoms with Gasteiger partial charge >= 0.3 is 6.36 Å². The first kappa shape index (κ1) is 15.9. The van der Waals surface area contributed by atoms with Gasteiger partial charge in [0, 0.05) is 5.56 Å². The summed E-state index contributed by atoms with van der Waals surface area (Å²) in [4.78, 5) is 11.1. The lowest BCUT2D eigenvalue weighted by molar-refractivity contribution is -0.274. The number of alkyl halides is 3. The third kappa shape index (κ3) is 3.39. The Hall–Kier alpha value is -2.50. The van der Waals surface area contributed by atoms with Gasteiger partial charge in [-0.15, -0.1) is 13.2 Å². The van der Waals surface area contributed by atoms with Crippen molar-refractivity contribution in [1.82, 2.24) is 0 Å². The molecule has 2 aromatic carbocycles. The molecule has 0 N–H and O–H groups in total. The number of carbonyl (C=O) groups excluding carboxylic acids is 1. The van der Waals surface area contributed by atoms with Gasteiger partial charge in [-0.3, -0.25) is 4.79 Å². The minimum Gasteiger partial charge on any atom is -0.496 e. The molecule has 0 bridgehead atoms. The van der Waals surface area contributed by atoms with Gasteiger partial charge in [0.1, 0.15) is 11.5 Å². The fraction of sp³-hybridized carbons (Fsp3) is 0.188. The third-order valence-electron chi connectivity index (χ3n) is 3.06. The molecule has 0 aromatic heterocycles. The first-order valence-corrected chi connectivity index (χ1v) is 6.34. The average molecular weight is 310 g/mol. The molecule has 0 unspecified atom stereocenters. The van der Waals surface area contributed by atoms with E-state index in [-0.39, 0.29) is 16.9 Å². The predicted molar refractivity (Wildman–Crippen MR) is 75.2 cm³/mol. The molecule has 6 heteroatoms. The summed E-state index contributed by atoms with van der Waals surface area (Å²) >= 11 is 0. The molecule has 0 saturated carbocycles. The topological polar surface area (TPSA) is 35.5 Å². The molecule has 3 nitrogen and oxygen atoms in total. The number of hydrogen-bond donors (Lipinski definition) is 0. The lowest BCUT2D eigenvalue weighted by atomic mass is 9.99. The minimum absolute atomic E-state index is 0.244. The van der Waals surface area contributed by atoms with Crippen LogP contribution >= 0.6 is 0 Å². The Labute approximate surface area is 125 Å². The smallest absolute Gasteiger partial charge is 0.496 e. The summed E-state index contributed by atoms with van der Waals surface area (Å²) in [7, 11) is 1.43. The number of ether oxygens (including phenoxy) is 2. The van der Waals surface area contributed by atoms with Crippen LogP contribution in [0.1, 0.15) is 15.9 Å². The standard InChI is InChI=1S/C16H13F3O3/c1-10-7-11(8-12(9-20)15(10)21-2)13-5-3-4-6-14(13)22-16(17,18)19/h3-9H,1-2H3. The first-order chi connectivity index (χ1) is 10.4. The molecule has 0 spiro atoms. The van der Waals surface area contributed by atoms with E-state index in [1.807, 2.05) is 0 Å². The number of aryl methyl sites for hydroxylation is 1. The zero-order valence-electron chi connectivity index (χ0n) is 11.9. The number of benzene rings is 2. The van der Waals surface area contributed by atoms with Gasteiger partial charge in [-0.1, -0.05) is 18.2 Å². The maximum absolute atomic E-state index is 12.5. The molecule has 0 radical (unpaired) electrons. The van der Waals surface area contributed by atoms with E-state index in [2.05, 4.69) is 4.74 Å². The largest absolute Gasteiger partial charge is 0.573 e. The molecule has 0 amide bonds. The van der Waals surface area contributed by atoms with Crippen molar-refractivity contribution in [3.8, 4) is 22.6 Å². The van der Waals surface area contributed by atoms with Gasteiger partial charge < -0.3 is 9.47 Å². The van der Waals surface area contributed by atoms with Crippen LogP contribution in [0.2, 0.25) is 0 Å². The van der Waals surface area contributed by atoms with Crippen LogP contribution in [-0.4, -0.2) is 19.8 Å². The van der Waals surface area contributed by atoms with Crippen molar-refractivity contribution >= 4 is 6.29 Å². The lowest BCUT2D eigenvalue weighted by Crippen LogP contribution is -2.17. The van der Waals surface area contributed by atoms with Crippen molar-refractivity contribution in [2.45, 2.75) is 13.3 Å². The third-order valence-corrected chi connectivity index (χ3v) is 3.06. The van der Waals surface area contributed by atoms with Gasteiger partial charge in [0.2, 0.25) is 0 Å². The van der Waals surface area contributed by atoms with Crippen LogP contribution < -0.4 is 9.47 Å². The molecule has 0 heterocycles. The van der Waals surface area contributed by atoms with E-state index >= 15 is 0 Å². The Morgan fingerprint density at radius 2 is 1.82 bits per heavy atom. The zero-order valence-corrected chi connectivity index (χ0v) is 11.9. The molecule has 22 heavy (non-hydrogen) atoms. The number of halogens is 3. The first-order valence-electron chi connectivity index (χ1n) is 6.34. The van der Waals surface area contributed by atoms with Crippen LogP contribution in [0.15, 0.2) is 36.4 Å². The predicted octanol–water partition coefficient (Wildman–Crippen LogP) is 4.38. The Balaban J connectivity index is 2.58. The van der Waals surface area contributed by atoms with Crippen LogP contribution in [0.3, 0.4) is 0 Å². The van der Waals surface area contributed by atoms with E-state index in [1.165, 1.54) is 31.4 Å². The fourth-order valence-electron chi connectivity index (χ4n) is 2.24. The van der Waals surface area contributed by atoms with Crippen LogP contribution in [0.4, 0.5) is 13.2 Å². The van der Waals surface area contributed by atoms with Gasteiger partial charge in [-0.25, -0.2) is 0 Å². The fourth-order valence-corrected chi connectivity index (χ4v) is 2.24. The molecule has 0 aliphatic carbocycles. The number of hydrogen-bond acceptors (Lipinski definition) is 3. The number of carbonyl (C=O) groups is 1. The lowest BCUT2D eigenvalue weighted by Gasteiger charge is -2.15. The average Bonchev–Trinajstić information content (AvgIpc) is 2.45. The zero-order chi connectivity index (χ0) is 16.3. The van der Waals surface area contributed by atoms with Crippen molar-refractivity contribution in [2.75, 3.05) is 7.11 Å². The van der Waals surface area contributed by atoms with Crippen LogP contribution in [0.25, 0.3) is 11.1 Å². The van der Waals surface area contributed by atoms with E-state index in [0.29, 0.717) is 23.2 Å². The number of aldehydes is 1. The monoisotopic (exact) mass is 310 g/mol. The molecule has 0 aliphatic rings. The van der Waals surface area contributed by atoms with Gasteiger partial charge in [-0.05, 0) is 36.2 Å². The molecule has 0 aliphatic heterocycles. The molecule has 0 saturated heterocycles. The van der Waals surface area contributed by atoms with E-state index in [1.54, 1.807) is 19.1 Å². The summed E-state index contributed by atoms with van der Waals surface area (Å²) in [6, 6.07) is 8.88. The highest BCUT2D eigenvalue weighted by atomic mass is 19.4. The summed E-state index contributed by atoms with van der Waals surface area (Å²) in [6.45, 7) is 1.71. The molecule has 0 fully saturated rings. The van der Waals surface area contributed by atoms with Crippen LogP contribution in [0.5, 0.6) is 11.5 Å². The second-order valence-electron chi connectivity index (χ2n) is 4.58. The number of rotatable bonds is 4. The van der Waals surface area contributed by atoms with Crippen molar-refractivity contribution in [3.05, 3.63) is 47.5 Å². The van der Waals surface area contributed by atoms with Gasteiger partial charge in [-0.2, -0.15) is 0 Å². The second kappa shape index (κ2) is 6.09. The van der Waals surface area contributed by atoms with Crippen LogP contribution in [-0.2, 0) is 0 Å². The highest BCUT2D eigenvalue weighted by Crippen LogP contribution is 2.36. The molecular formula is C16H13F3O3. The second-order valence-corrected chi connectivity index (χ2v) is 4.58. The summed E-state index contributed by atoms with van der Waals surface area (Å²) in [5.74, 6) is 0.0735. The van der Waals surface area contributed by atoms with Crippen molar-refractivity contribution in [3.63, 3.8) is 0 Å². The summed E-state index contributed by atoms with van der Waals surface area (Å²) in [5, 5.41) is 0. The van der Waals surface area contributed by atoms with Crippen LogP contribution in [0, 0.1) is 6.92 Å². The summed E-state index contributed by atoms with van der Waals surface area (Å²) in [5.41, 5.74) is 1.59. The Morgan fingerprint density at radius 1 is 1.14 bits per heavy atom. The van der Waals surface area contributed by atoms with Gasteiger partial charge in [0.25, 0.3) is 0 Å². The highest BCUT2D eigenvalue weighted by molar-refractivity contribution is 5.85. The Kier molecular flexibility index (Phi) is 4.40. The SMILES string of the molecule is COc1c(C)cc(-c2ccccc2OC(F)(F)F)cc1C=O. The van der Waals surface area contributed by atoms with Crippen molar-refractivity contribution in [1.29, 1.82) is 0 Å². The number of para-hydroxylation sites is 1. The van der Waals surface area contributed by atoms with E-state index < -0.39 is 6.36 Å². The van der Waals surface area contributed by atoms with E-state index in [4.69, 9.17) is 4.74 Å².